The summed E-state index contributed by atoms with van der Waals surface area (Å²) in [7, 11) is 0. The van der Waals surface area contributed by atoms with E-state index in [1.165, 1.54) is 0 Å². The Morgan fingerprint density at radius 2 is 2.14 bits per heavy atom. The third-order valence-corrected chi connectivity index (χ3v) is 2.16. The number of benzene rings is 1. The monoisotopic (exact) mass is 188 g/mol. The van der Waals surface area contributed by atoms with Gasteiger partial charge in [-0.3, -0.25) is 4.79 Å². The fourth-order valence-electron chi connectivity index (χ4n) is 1.47. The summed E-state index contributed by atoms with van der Waals surface area (Å²) in [5.41, 5.74) is 2.23. The van der Waals surface area contributed by atoms with Crippen LogP contribution in [0.1, 0.15) is 19.0 Å². The van der Waals surface area contributed by atoms with Crippen LogP contribution in [-0.2, 0) is 6.42 Å². The SMILES string of the molecule is CCCc1nc2ccccc2[nH]c1=O. The lowest BCUT2D eigenvalue weighted by Gasteiger charge is -1.99. The van der Waals surface area contributed by atoms with E-state index in [4.69, 9.17) is 0 Å². The molecular formula is C11H12N2O. The smallest absolute Gasteiger partial charge is 0.270 e. The average Bonchev–Trinajstić information content (AvgIpc) is 2.19. The molecule has 0 spiro atoms. The first kappa shape index (κ1) is 8.94. The van der Waals surface area contributed by atoms with Crippen LogP contribution in [0.3, 0.4) is 0 Å². The van der Waals surface area contributed by atoms with E-state index in [0.717, 1.165) is 23.9 Å². The number of hydrogen-bond donors (Lipinski definition) is 1. The first-order valence-electron chi connectivity index (χ1n) is 4.79. The molecule has 72 valence electrons. The van der Waals surface area contributed by atoms with Crippen LogP contribution in [0.25, 0.3) is 11.0 Å². The van der Waals surface area contributed by atoms with E-state index in [1.807, 2.05) is 31.2 Å². The maximum atomic E-state index is 11.5. The van der Waals surface area contributed by atoms with Crippen molar-refractivity contribution >= 4 is 11.0 Å². The van der Waals surface area contributed by atoms with Crippen LogP contribution in [0.2, 0.25) is 0 Å². The highest BCUT2D eigenvalue weighted by Crippen LogP contribution is 2.06. The van der Waals surface area contributed by atoms with Crippen molar-refractivity contribution in [1.29, 1.82) is 0 Å². The molecule has 0 unspecified atom stereocenters. The molecule has 0 amide bonds. The minimum absolute atomic E-state index is 0.0643. The van der Waals surface area contributed by atoms with Crippen LogP contribution in [0.15, 0.2) is 29.1 Å². The molecule has 3 nitrogen and oxygen atoms in total. The van der Waals surface area contributed by atoms with Crippen LogP contribution >= 0.6 is 0 Å². The molecule has 1 aromatic carbocycles. The van der Waals surface area contributed by atoms with Gasteiger partial charge in [0.1, 0.15) is 5.69 Å². The van der Waals surface area contributed by atoms with Gasteiger partial charge in [0.05, 0.1) is 11.0 Å². The standard InChI is InChI=1S/C11H12N2O/c1-2-5-10-11(14)13-9-7-4-3-6-8(9)12-10/h3-4,6-7H,2,5H2,1H3,(H,13,14). The second kappa shape index (κ2) is 3.62. The van der Waals surface area contributed by atoms with Gasteiger partial charge in [-0.25, -0.2) is 4.98 Å². The van der Waals surface area contributed by atoms with Gasteiger partial charge in [0.25, 0.3) is 5.56 Å². The van der Waals surface area contributed by atoms with Gasteiger partial charge in [0.15, 0.2) is 0 Å². The molecule has 0 atom stereocenters. The van der Waals surface area contributed by atoms with E-state index in [-0.39, 0.29) is 5.56 Å². The van der Waals surface area contributed by atoms with Crippen LogP contribution in [-0.4, -0.2) is 9.97 Å². The van der Waals surface area contributed by atoms with Crippen LogP contribution in [0.4, 0.5) is 0 Å². The van der Waals surface area contributed by atoms with Crippen molar-refractivity contribution in [1.82, 2.24) is 9.97 Å². The third-order valence-electron chi connectivity index (χ3n) is 2.16. The Kier molecular flexibility index (Phi) is 2.31. The Morgan fingerprint density at radius 1 is 1.36 bits per heavy atom. The topological polar surface area (TPSA) is 45.8 Å². The van der Waals surface area contributed by atoms with E-state index < -0.39 is 0 Å². The summed E-state index contributed by atoms with van der Waals surface area (Å²) in [5.74, 6) is 0. The lowest BCUT2D eigenvalue weighted by Crippen LogP contribution is -2.14. The Balaban J connectivity index is 2.65. The Bertz CT molecular complexity index is 502. The number of nitrogens with zero attached hydrogens (tertiary/aromatic N) is 1. The molecule has 1 heterocycles. The number of aromatic amines is 1. The first-order valence-corrected chi connectivity index (χ1v) is 4.79. The molecule has 0 saturated heterocycles. The van der Waals surface area contributed by atoms with Crippen molar-refractivity contribution in [2.24, 2.45) is 0 Å². The maximum Gasteiger partial charge on any atom is 0.270 e. The van der Waals surface area contributed by atoms with Crippen molar-refractivity contribution in [3.63, 3.8) is 0 Å². The molecule has 0 aliphatic carbocycles. The molecule has 0 radical (unpaired) electrons. The molecule has 0 fully saturated rings. The van der Waals surface area contributed by atoms with Crippen LogP contribution < -0.4 is 5.56 Å². The summed E-state index contributed by atoms with van der Waals surface area (Å²) in [6, 6.07) is 7.58. The van der Waals surface area contributed by atoms with E-state index >= 15 is 0 Å². The van der Waals surface area contributed by atoms with Gasteiger partial charge in [0, 0.05) is 0 Å². The van der Waals surface area contributed by atoms with Gasteiger partial charge in [-0.05, 0) is 18.6 Å². The van der Waals surface area contributed by atoms with E-state index in [9.17, 15) is 4.79 Å². The summed E-state index contributed by atoms with van der Waals surface area (Å²) in [4.78, 5) is 18.7. The lowest BCUT2D eigenvalue weighted by atomic mass is 10.2. The molecule has 1 aromatic heterocycles. The van der Waals surface area contributed by atoms with Crippen molar-refractivity contribution in [2.45, 2.75) is 19.8 Å². The number of aryl methyl sites for hydroxylation is 1. The van der Waals surface area contributed by atoms with Gasteiger partial charge < -0.3 is 4.98 Å². The molecule has 0 bridgehead atoms. The van der Waals surface area contributed by atoms with Gasteiger partial charge >= 0.3 is 0 Å². The minimum atomic E-state index is -0.0643. The Labute approximate surface area is 81.8 Å². The predicted octanol–water partition coefficient (Wildman–Crippen LogP) is 1.88. The van der Waals surface area contributed by atoms with Gasteiger partial charge in [-0.2, -0.15) is 0 Å². The molecule has 3 heteroatoms. The molecule has 14 heavy (non-hydrogen) atoms. The van der Waals surface area contributed by atoms with Crippen LogP contribution in [0, 0.1) is 0 Å². The van der Waals surface area contributed by atoms with Crippen LogP contribution in [0.5, 0.6) is 0 Å². The highest BCUT2D eigenvalue weighted by molar-refractivity contribution is 5.73. The zero-order chi connectivity index (χ0) is 9.97. The molecule has 0 aliphatic rings. The summed E-state index contributed by atoms with van der Waals surface area (Å²) in [5, 5.41) is 0. The van der Waals surface area contributed by atoms with E-state index in [2.05, 4.69) is 9.97 Å². The fourth-order valence-corrected chi connectivity index (χ4v) is 1.47. The van der Waals surface area contributed by atoms with Crippen molar-refractivity contribution < 1.29 is 0 Å². The lowest BCUT2D eigenvalue weighted by molar-refractivity contribution is 0.867. The van der Waals surface area contributed by atoms with E-state index in [0.29, 0.717) is 5.69 Å². The normalized spacial score (nSPS) is 10.6. The highest BCUT2D eigenvalue weighted by Gasteiger charge is 2.02. The zero-order valence-corrected chi connectivity index (χ0v) is 8.08. The molecule has 2 aromatic rings. The number of para-hydroxylation sites is 2. The number of hydrogen-bond acceptors (Lipinski definition) is 2. The molecule has 1 N–H and O–H groups in total. The van der Waals surface area contributed by atoms with Gasteiger partial charge in [0.2, 0.25) is 0 Å². The number of H-pyrrole nitrogens is 1. The van der Waals surface area contributed by atoms with Crippen molar-refractivity contribution in [2.75, 3.05) is 0 Å². The number of aromatic nitrogens is 2. The highest BCUT2D eigenvalue weighted by atomic mass is 16.1. The first-order chi connectivity index (χ1) is 6.81. The maximum absolute atomic E-state index is 11.5. The zero-order valence-electron chi connectivity index (χ0n) is 8.08. The molecular weight excluding hydrogens is 176 g/mol. The third kappa shape index (κ3) is 1.53. The second-order valence-electron chi connectivity index (χ2n) is 3.28. The molecule has 2 rings (SSSR count). The van der Waals surface area contributed by atoms with Crippen molar-refractivity contribution in [3.05, 3.63) is 40.3 Å². The summed E-state index contributed by atoms with van der Waals surface area (Å²) in [6.45, 7) is 2.04. The molecule has 0 saturated carbocycles. The second-order valence-corrected chi connectivity index (χ2v) is 3.28. The Hall–Kier alpha value is -1.64. The predicted molar refractivity (Wildman–Crippen MR) is 56.4 cm³/mol. The number of rotatable bonds is 2. The number of fused-ring (bicyclic) bond motifs is 1. The summed E-state index contributed by atoms with van der Waals surface area (Å²) in [6.07, 6.45) is 1.68. The number of nitrogens with one attached hydrogen (secondary N) is 1. The summed E-state index contributed by atoms with van der Waals surface area (Å²) >= 11 is 0. The minimum Gasteiger partial charge on any atom is -0.319 e. The average molecular weight is 188 g/mol. The van der Waals surface area contributed by atoms with Gasteiger partial charge in [-0.1, -0.05) is 25.5 Å². The Morgan fingerprint density at radius 3 is 2.93 bits per heavy atom. The van der Waals surface area contributed by atoms with Gasteiger partial charge in [-0.15, -0.1) is 0 Å². The summed E-state index contributed by atoms with van der Waals surface area (Å²) < 4.78 is 0. The molecule has 0 aliphatic heterocycles. The van der Waals surface area contributed by atoms with Crippen molar-refractivity contribution in [3.8, 4) is 0 Å². The fraction of sp³-hybridized carbons (Fsp3) is 0.273. The largest absolute Gasteiger partial charge is 0.319 e. The van der Waals surface area contributed by atoms with E-state index in [1.54, 1.807) is 0 Å². The quantitative estimate of drug-likeness (QED) is 0.782.